The average molecular weight is 367 g/mol. The Kier molecular flexibility index (Phi) is 3.71. The highest BCUT2D eigenvalue weighted by atomic mass is 16.7. The minimum atomic E-state index is -0.474. The third-order valence-electron chi connectivity index (χ3n) is 4.97. The molecule has 1 atom stereocenters. The van der Waals surface area contributed by atoms with Crippen molar-refractivity contribution in [2.24, 2.45) is 0 Å². The fourth-order valence-electron chi connectivity index (χ4n) is 3.67. The lowest BCUT2D eigenvalue weighted by Crippen LogP contribution is -2.34. The lowest BCUT2D eigenvalue weighted by atomic mass is 10.0. The number of hydrogen-bond acceptors (Lipinski definition) is 6. The molecule has 4 heterocycles. The number of fused-ring (bicyclic) bond motifs is 2. The van der Waals surface area contributed by atoms with E-state index in [-0.39, 0.29) is 12.9 Å². The van der Waals surface area contributed by atoms with Crippen LogP contribution in [0.4, 0.5) is 0 Å². The van der Waals surface area contributed by atoms with Gasteiger partial charge < -0.3 is 14.2 Å². The summed E-state index contributed by atoms with van der Waals surface area (Å²) < 4.78 is 17.9. The van der Waals surface area contributed by atoms with Crippen LogP contribution in [0, 0.1) is 0 Å². The molecule has 1 aromatic carbocycles. The summed E-state index contributed by atoms with van der Waals surface area (Å²) in [6.07, 6.45) is 3.41. The number of pyridine rings is 1. The molecule has 0 saturated carbocycles. The van der Waals surface area contributed by atoms with Crippen molar-refractivity contribution in [3.63, 3.8) is 0 Å². The van der Waals surface area contributed by atoms with Crippen molar-refractivity contribution >= 4 is 11.0 Å². The number of hydrogen-bond donors (Lipinski definition) is 1. The Morgan fingerprint density at radius 3 is 2.93 bits per heavy atom. The zero-order chi connectivity index (χ0) is 18.4. The topological polar surface area (TPSA) is 95.4 Å². The van der Waals surface area contributed by atoms with Crippen LogP contribution in [0.2, 0.25) is 0 Å². The van der Waals surface area contributed by atoms with Crippen LogP contribution < -0.4 is 20.7 Å². The van der Waals surface area contributed by atoms with Crippen LogP contribution in [0.15, 0.2) is 40.1 Å². The maximum absolute atomic E-state index is 12.6. The van der Waals surface area contributed by atoms with E-state index in [1.54, 1.807) is 18.3 Å². The number of H-pyrrole nitrogens is 1. The summed E-state index contributed by atoms with van der Waals surface area (Å²) in [5.74, 6) is 1.29. The second kappa shape index (κ2) is 6.24. The molecule has 2 aromatic heterocycles. The second-order valence-corrected chi connectivity index (χ2v) is 6.63. The van der Waals surface area contributed by atoms with Gasteiger partial charge in [0.2, 0.25) is 6.79 Å². The average Bonchev–Trinajstić information content (AvgIpc) is 3.35. The van der Waals surface area contributed by atoms with E-state index in [4.69, 9.17) is 14.2 Å². The molecular weight excluding hydrogens is 350 g/mol. The third kappa shape index (κ3) is 2.69. The lowest BCUT2D eigenvalue weighted by molar-refractivity contribution is 0.0967. The van der Waals surface area contributed by atoms with Gasteiger partial charge >= 0.3 is 5.69 Å². The van der Waals surface area contributed by atoms with Crippen molar-refractivity contribution in [1.29, 1.82) is 0 Å². The van der Waals surface area contributed by atoms with Crippen molar-refractivity contribution in [1.82, 2.24) is 14.5 Å². The van der Waals surface area contributed by atoms with E-state index < -0.39 is 11.2 Å². The van der Waals surface area contributed by atoms with Gasteiger partial charge in [-0.15, -0.1) is 0 Å². The molecular formula is C19H17N3O5. The predicted molar refractivity (Wildman–Crippen MR) is 97.2 cm³/mol. The summed E-state index contributed by atoms with van der Waals surface area (Å²) in [5.41, 5.74) is 0.896. The van der Waals surface area contributed by atoms with Gasteiger partial charge in [0.05, 0.1) is 18.0 Å². The molecule has 2 aliphatic heterocycles. The zero-order valence-electron chi connectivity index (χ0n) is 14.4. The summed E-state index contributed by atoms with van der Waals surface area (Å²) >= 11 is 0. The van der Waals surface area contributed by atoms with Crippen LogP contribution in [0.1, 0.15) is 12.8 Å². The van der Waals surface area contributed by atoms with E-state index >= 15 is 0 Å². The Hall–Kier alpha value is -3.13. The first-order chi connectivity index (χ1) is 13.2. The molecule has 8 heteroatoms. The van der Waals surface area contributed by atoms with E-state index in [2.05, 4.69) is 9.97 Å². The number of nitrogens with one attached hydrogen (secondary N) is 1. The highest BCUT2D eigenvalue weighted by Gasteiger charge is 2.21. The maximum atomic E-state index is 12.6. The maximum Gasteiger partial charge on any atom is 0.330 e. The molecule has 8 nitrogen and oxygen atoms in total. The molecule has 27 heavy (non-hydrogen) atoms. The summed E-state index contributed by atoms with van der Waals surface area (Å²) in [6, 6.07) is 7.25. The summed E-state index contributed by atoms with van der Waals surface area (Å²) in [6.45, 7) is 1.23. The van der Waals surface area contributed by atoms with Gasteiger partial charge in [0, 0.05) is 12.8 Å². The molecule has 3 aromatic rings. The fraction of sp³-hybridized carbons (Fsp3) is 0.316. The smallest absolute Gasteiger partial charge is 0.330 e. The molecule has 2 aliphatic rings. The molecule has 0 aliphatic carbocycles. The second-order valence-electron chi connectivity index (χ2n) is 6.63. The lowest BCUT2D eigenvalue weighted by Gasteiger charge is -2.14. The number of nitrogens with zero attached hydrogens (tertiary/aromatic N) is 2. The van der Waals surface area contributed by atoms with Crippen molar-refractivity contribution in [3.8, 4) is 22.6 Å². The number of ether oxygens (including phenoxy) is 3. The highest BCUT2D eigenvalue weighted by molar-refractivity contribution is 5.92. The largest absolute Gasteiger partial charge is 0.454 e. The van der Waals surface area contributed by atoms with Gasteiger partial charge in [-0.3, -0.25) is 14.3 Å². The molecule has 5 rings (SSSR count). The van der Waals surface area contributed by atoms with Gasteiger partial charge in [-0.2, -0.15) is 0 Å². The Labute approximate surface area is 153 Å². The number of aromatic nitrogens is 3. The van der Waals surface area contributed by atoms with E-state index in [1.165, 1.54) is 4.57 Å². The van der Waals surface area contributed by atoms with Crippen LogP contribution in [0.25, 0.3) is 22.2 Å². The van der Waals surface area contributed by atoms with Crippen molar-refractivity contribution < 1.29 is 14.2 Å². The first-order valence-corrected chi connectivity index (χ1v) is 8.84. The van der Waals surface area contributed by atoms with Crippen LogP contribution >= 0.6 is 0 Å². The van der Waals surface area contributed by atoms with Crippen molar-refractivity contribution in [2.75, 3.05) is 13.4 Å². The Balaban J connectivity index is 1.70. The standard InChI is InChI=1S/C19H17N3O5/c23-18-16-13(11-3-4-14-15(8-11)27-10-26-14)5-6-20-17(16)22(19(24)21-18)9-12-2-1-7-25-12/h3-6,8,12H,1-2,7,9-10H2,(H,21,23,24). The monoisotopic (exact) mass is 367 g/mol. The van der Waals surface area contributed by atoms with Gasteiger partial charge in [-0.05, 0) is 42.2 Å². The van der Waals surface area contributed by atoms with E-state index in [0.717, 1.165) is 18.4 Å². The summed E-state index contributed by atoms with van der Waals surface area (Å²) in [7, 11) is 0. The Bertz CT molecular complexity index is 1140. The van der Waals surface area contributed by atoms with Crippen molar-refractivity contribution in [2.45, 2.75) is 25.5 Å². The fourth-order valence-corrected chi connectivity index (χ4v) is 3.67. The first-order valence-electron chi connectivity index (χ1n) is 8.84. The van der Waals surface area contributed by atoms with E-state index in [1.807, 2.05) is 12.1 Å². The minimum absolute atomic E-state index is 0.0483. The molecule has 1 saturated heterocycles. The van der Waals surface area contributed by atoms with Crippen LogP contribution in [-0.4, -0.2) is 34.0 Å². The van der Waals surface area contributed by atoms with Crippen LogP contribution in [0.3, 0.4) is 0 Å². The van der Waals surface area contributed by atoms with Gasteiger partial charge in [0.15, 0.2) is 11.5 Å². The summed E-state index contributed by atoms with van der Waals surface area (Å²) in [4.78, 5) is 31.8. The predicted octanol–water partition coefficient (Wildman–Crippen LogP) is 1.66. The molecule has 0 spiro atoms. The summed E-state index contributed by atoms with van der Waals surface area (Å²) in [5, 5.41) is 0.369. The minimum Gasteiger partial charge on any atom is -0.454 e. The Morgan fingerprint density at radius 1 is 1.19 bits per heavy atom. The zero-order valence-corrected chi connectivity index (χ0v) is 14.4. The number of benzene rings is 1. The Morgan fingerprint density at radius 2 is 2.07 bits per heavy atom. The highest BCUT2D eigenvalue weighted by Crippen LogP contribution is 2.37. The SMILES string of the molecule is O=c1[nH]c(=O)n(CC2CCCO2)c2nccc(-c3ccc4c(c3)OCO4)c12. The van der Waals surface area contributed by atoms with Gasteiger partial charge in [-0.25, -0.2) is 9.78 Å². The molecule has 0 bridgehead atoms. The quantitative estimate of drug-likeness (QED) is 0.756. The van der Waals surface area contributed by atoms with Crippen LogP contribution in [0.5, 0.6) is 11.5 Å². The molecule has 1 unspecified atom stereocenters. The molecule has 138 valence electrons. The van der Waals surface area contributed by atoms with Gasteiger partial charge in [0.1, 0.15) is 5.65 Å². The molecule has 1 N–H and O–H groups in total. The number of rotatable bonds is 3. The van der Waals surface area contributed by atoms with E-state index in [0.29, 0.717) is 41.2 Å². The normalized spacial score (nSPS) is 18.3. The number of aromatic amines is 1. The van der Waals surface area contributed by atoms with Crippen molar-refractivity contribution in [3.05, 3.63) is 51.3 Å². The van der Waals surface area contributed by atoms with Gasteiger partial charge in [-0.1, -0.05) is 6.07 Å². The third-order valence-corrected chi connectivity index (χ3v) is 4.97. The molecule has 1 fully saturated rings. The van der Waals surface area contributed by atoms with E-state index in [9.17, 15) is 9.59 Å². The molecule has 0 radical (unpaired) electrons. The van der Waals surface area contributed by atoms with Gasteiger partial charge in [0.25, 0.3) is 5.56 Å². The first kappa shape index (κ1) is 16.1. The van der Waals surface area contributed by atoms with Crippen LogP contribution in [-0.2, 0) is 11.3 Å². The molecule has 0 amide bonds.